The van der Waals surface area contributed by atoms with Crippen LogP contribution in [0.3, 0.4) is 0 Å². The molecule has 0 aromatic carbocycles. The molecule has 2 rings (SSSR count). The predicted molar refractivity (Wildman–Crippen MR) is 56.1 cm³/mol. The molecular formula is C10H15BrO3. The molecule has 3 atom stereocenters. The molecule has 0 radical (unpaired) electrons. The van der Waals surface area contributed by atoms with Crippen LogP contribution in [0.15, 0.2) is 10.6 Å². The fourth-order valence-corrected chi connectivity index (χ4v) is 2.84. The molecule has 1 aliphatic carbocycles. The van der Waals surface area contributed by atoms with E-state index in [0.29, 0.717) is 6.42 Å². The highest BCUT2D eigenvalue weighted by atomic mass is 79.9. The molecule has 0 amide bonds. The van der Waals surface area contributed by atoms with Crippen molar-refractivity contribution in [2.45, 2.75) is 50.8 Å². The fourth-order valence-electron chi connectivity index (χ4n) is 2.08. The van der Waals surface area contributed by atoms with Gasteiger partial charge in [-0.05, 0) is 26.3 Å². The van der Waals surface area contributed by atoms with Gasteiger partial charge in [-0.15, -0.1) is 0 Å². The van der Waals surface area contributed by atoms with Gasteiger partial charge in [0.25, 0.3) is 0 Å². The lowest BCUT2D eigenvalue weighted by molar-refractivity contribution is -0.165. The average molecular weight is 263 g/mol. The van der Waals surface area contributed by atoms with Gasteiger partial charge < -0.3 is 14.6 Å². The minimum Gasteiger partial charge on any atom is -0.382 e. The molecule has 80 valence electrons. The zero-order chi connectivity index (χ0) is 10.6. The van der Waals surface area contributed by atoms with Crippen molar-refractivity contribution >= 4 is 15.9 Å². The molecule has 0 saturated carbocycles. The summed E-state index contributed by atoms with van der Waals surface area (Å²) in [5.41, 5.74) is -0.918. The molecule has 0 aromatic rings. The first-order chi connectivity index (χ1) is 6.39. The van der Waals surface area contributed by atoms with Gasteiger partial charge in [-0.2, -0.15) is 0 Å². The van der Waals surface area contributed by atoms with E-state index in [2.05, 4.69) is 15.9 Å². The van der Waals surface area contributed by atoms with Gasteiger partial charge >= 0.3 is 0 Å². The molecule has 0 aromatic heterocycles. The van der Waals surface area contributed by atoms with Gasteiger partial charge in [0, 0.05) is 4.48 Å². The van der Waals surface area contributed by atoms with Crippen molar-refractivity contribution in [1.29, 1.82) is 0 Å². The van der Waals surface area contributed by atoms with Crippen molar-refractivity contribution in [2.24, 2.45) is 0 Å². The van der Waals surface area contributed by atoms with E-state index in [0.717, 1.165) is 4.48 Å². The molecule has 1 heterocycles. The molecule has 1 saturated heterocycles. The fraction of sp³-hybridized carbons (Fsp3) is 0.800. The second kappa shape index (κ2) is 3.04. The van der Waals surface area contributed by atoms with Gasteiger partial charge in [0.2, 0.25) is 0 Å². The normalized spacial score (nSPS) is 45.1. The van der Waals surface area contributed by atoms with Crippen LogP contribution < -0.4 is 0 Å². The maximum Gasteiger partial charge on any atom is 0.164 e. The van der Waals surface area contributed by atoms with Crippen LogP contribution in [0.25, 0.3) is 0 Å². The first-order valence-corrected chi connectivity index (χ1v) is 5.64. The Morgan fingerprint density at radius 2 is 2.14 bits per heavy atom. The molecule has 1 aliphatic heterocycles. The summed E-state index contributed by atoms with van der Waals surface area (Å²) in [5, 5.41) is 10.4. The number of ether oxygens (including phenoxy) is 2. The Morgan fingerprint density at radius 1 is 1.50 bits per heavy atom. The first kappa shape index (κ1) is 10.6. The molecule has 0 spiro atoms. The van der Waals surface area contributed by atoms with Crippen molar-refractivity contribution in [3.05, 3.63) is 10.6 Å². The van der Waals surface area contributed by atoms with Gasteiger partial charge in [0.05, 0.1) is 0 Å². The Balaban J connectivity index is 2.29. The highest BCUT2D eigenvalue weighted by molar-refractivity contribution is 9.11. The third kappa shape index (κ3) is 1.36. The summed E-state index contributed by atoms with van der Waals surface area (Å²) in [6.07, 6.45) is 2.09. The van der Waals surface area contributed by atoms with Crippen molar-refractivity contribution in [1.82, 2.24) is 0 Å². The summed E-state index contributed by atoms with van der Waals surface area (Å²) < 4.78 is 12.1. The van der Waals surface area contributed by atoms with Crippen molar-refractivity contribution in [2.75, 3.05) is 0 Å². The first-order valence-electron chi connectivity index (χ1n) is 4.85. The number of hydrogen-bond acceptors (Lipinski definition) is 3. The molecule has 2 aliphatic rings. The lowest BCUT2D eigenvalue weighted by atomic mass is 9.97. The largest absolute Gasteiger partial charge is 0.382 e. The lowest BCUT2D eigenvalue weighted by Gasteiger charge is -2.29. The summed E-state index contributed by atoms with van der Waals surface area (Å²) in [6, 6.07) is 0. The number of aliphatic hydroxyl groups is 1. The quantitative estimate of drug-likeness (QED) is 0.785. The molecule has 1 N–H and O–H groups in total. The molecule has 3 nitrogen and oxygen atoms in total. The molecule has 0 bridgehead atoms. The summed E-state index contributed by atoms with van der Waals surface area (Å²) in [4.78, 5) is 0. The van der Waals surface area contributed by atoms with Gasteiger partial charge in [-0.1, -0.05) is 22.9 Å². The number of hydrogen-bond donors (Lipinski definition) is 1. The van der Waals surface area contributed by atoms with E-state index < -0.39 is 11.4 Å². The maximum atomic E-state index is 10.4. The number of halogens is 1. The zero-order valence-electron chi connectivity index (χ0n) is 8.58. The number of fused-ring (bicyclic) bond motifs is 1. The Morgan fingerprint density at radius 3 is 2.71 bits per heavy atom. The van der Waals surface area contributed by atoms with Crippen LogP contribution in [-0.2, 0) is 9.47 Å². The van der Waals surface area contributed by atoms with E-state index >= 15 is 0 Å². The van der Waals surface area contributed by atoms with E-state index in [1.807, 2.05) is 26.8 Å². The molecular weight excluding hydrogens is 248 g/mol. The Hall–Kier alpha value is 0.1000. The van der Waals surface area contributed by atoms with Crippen LogP contribution in [0.1, 0.15) is 27.2 Å². The van der Waals surface area contributed by atoms with Gasteiger partial charge in [0.15, 0.2) is 5.79 Å². The molecule has 4 heteroatoms. The van der Waals surface area contributed by atoms with Crippen LogP contribution in [0.5, 0.6) is 0 Å². The number of rotatable bonds is 1. The Kier molecular flexibility index (Phi) is 2.31. The molecule has 1 fully saturated rings. The van der Waals surface area contributed by atoms with E-state index in [-0.39, 0.29) is 12.2 Å². The Labute approximate surface area is 92.2 Å². The van der Waals surface area contributed by atoms with Crippen LogP contribution in [-0.4, -0.2) is 28.7 Å². The minimum atomic E-state index is -0.918. The highest BCUT2D eigenvalue weighted by Crippen LogP contribution is 2.46. The highest BCUT2D eigenvalue weighted by Gasteiger charge is 2.56. The standard InChI is InChI=1S/C10H15BrO3/c1-4-10(12)7(11)5-6-8(10)14-9(2,3)13-6/h5-6,8,12H,4H2,1-3H3/t6-,8-,10-/m0/s1. The van der Waals surface area contributed by atoms with Crippen LogP contribution in [0.4, 0.5) is 0 Å². The summed E-state index contributed by atoms with van der Waals surface area (Å²) >= 11 is 3.37. The molecule has 0 unspecified atom stereocenters. The van der Waals surface area contributed by atoms with Crippen LogP contribution in [0.2, 0.25) is 0 Å². The van der Waals surface area contributed by atoms with E-state index in [1.165, 1.54) is 0 Å². The smallest absolute Gasteiger partial charge is 0.164 e. The van der Waals surface area contributed by atoms with Gasteiger partial charge in [0.1, 0.15) is 17.8 Å². The van der Waals surface area contributed by atoms with Gasteiger partial charge in [-0.25, -0.2) is 0 Å². The van der Waals surface area contributed by atoms with Crippen LogP contribution >= 0.6 is 15.9 Å². The third-order valence-electron chi connectivity index (χ3n) is 2.86. The van der Waals surface area contributed by atoms with Crippen molar-refractivity contribution in [3.8, 4) is 0 Å². The molecule has 14 heavy (non-hydrogen) atoms. The topological polar surface area (TPSA) is 38.7 Å². The monoisotopic (exact) mass is 262 g/mol. The zero-order valence-corrected chi connectivity index (χ0v) is 10.2. The predicted octanol–water partition coefficient (Wildman–Crippen LogP) is 1.94. The summed E-state index contributed by atoms with van der Waals surface area (Å²) in [5.74, 6) is -0.595. The summed E-state index contributed by atoms with van der Waals surface area (Å²) in [7, 11) is 0. The van der Waals surface area contributed by atoms with E-state index in [4.69, 9.17) is 9.47 Å². The second-order valence-corrected chi connectivity index (χ2v) is 5.17. The van der Waals surface area contributed by atoms with Gasteiger partial charge in [-0.3, -0.25) is 0 Å². The van der Waals surface area contributed by atoms with Crippen LogP contribution in [0, 0.1) is 0 Å². The lowest BCUT2D eigenvalue weighted by Crippen LogP contribution is -2.43. The van der Waals surface area contributed by atoms with Crippen molar-refractivity contribution in [3.63, 3.8) is 0 Å². The minimum absolute atomic E-state index is 0.135. The third-order valence-corrected chi connectivity index (χ3v) is 3.81. The summed E-state index contributed by atoms with van der Waals surface area (Å²) in [6.45, 7) is 5.67. The van der Waals surface area contributed by atoms with E-state index in [1.54, 1.807) is 0 Å². The van der Waals surface area contributed by atoms with E-state index in [9.17, 15) is 5.11 Å². The second-order valence-electron chi connectivity index (χ2n) is 4.31. The SMILES string of the molecule is CC[C@]1(O)C(Br)=C[C@@H]2OC(C)(C)O[C@@H]21. The Bertz CT molecular complexity index is 287. The average Bonchev–Trinajstić information content (AvgIpc) is 2.48. The maximum absolute atomic E-state index is 10.4. The van der Waals surface area contributed by atoms with Crippen molar-refractivity contribution < 1.29 is 14.6 Å².